The summed E-state index contributed by atoms with van der Waals surface area (Å²) < 4.78 is 5.41. The average Bonchev–Trinajstić information content (AvgIpc) is 2.82. The number of fused-ring (bicyclic) bond motifs is 1. The van der Waals surface area contributed by atoms with Gasteiger partial charge >= 0.3 is 0 Å². The van der Waals surface area contributed by atoms with Gasteiger partial charge in [-0.3, -0.25) is 0 Å². The number of nitrogens with zero attached hydrogens (tertiary/aromatic N) is 1. The maximum atomic E-state index is 5.64. The summed E-state index contributed by atoms with van der Waals surface area (Å²) >= 11 is 0. The van der Waals surface area contributed by atoms with Gasteiger partial charge in [-0.25, -0.2) is 0 Å². The van der Waals surface area contributed by atoms with Crippen LogP contribution in [0.4, 0.5) is 0 Å². The molecule has 17 heavy (non-hydrogen) atoms. The van der Waals surface area contributed by atoms with Crippen molar-refractivity contribution in [3.63, 3.8) is 0 Å². The molecule has 3 aromatic rings. The second-order valence-electron chi connectivity index (χ2n) is 3.93. The molecule has 2 aromatic carbocycles. The van der Waals surface area contributed by atoms with Gasteiger partial charge in [0.05, 0.1) is 0 Å². The Hall–Kier alpha value is -2.13. The molecule has 0 aliphatic heterocycles. The van der Waals surface area contributed by atoms with E-state index in [1.54, 1.807) is 0 Å². The van der Waals surface area contributed by atoms with Crippen LogP contribution in [-0.4, -0.2) is 5.16 Å². The molecule has 0 saturated heterocycles. The SMILES string of the molecule is NCc1cccc(-c2onc3ccccc23)c1. The average molecular weight is 224 g/mol. The molecule has 0 spiro atoms. The fourth-order valence-electron chi connectivity index (χ4n) is 1.94. The van der Waals surface area contributed by atoms with Gasteiger partial charge in [-0.2, -0.15) is 0 Å². The molecule has 0 saturated carbocycles. The summed E-state index contributed by atoms with van der Waals surface area (Å²) in [5.41, 5.74) is 8.62. The standard InChI is InChI=1S/C14H12N2O/c15-9-10-4-3-5-11(8-10)14-12-6-1-2-7-13(12)16-17-14/h1-8H,9,15H2. The first-order valence-electron chi connectivity index (χ1n) is 5.52. The van der Waals surface area contributed by atoms with Crippen LogP contribution in [0.15, 0.2) is 53.1 Å². The maximum absolute atomic E-state index is 5.64. The Morgan fingerprint density at radius 1 is 1.06 bits per heavy atom. The van der Waals surface area contributed by atoms with Gasteiger partial charge < -0.3 is 10.3 Å². The van der Waals surface area contributed by atoms with E-state index in [0.717, 1.165) is 27.8 Å². The van der Waals surface area contributed by atoms with Crippen molar-refractivity contribution in [1.29, 1.82) is 0 Å². The van der Waals surface area contributed by atoms with Crippen LogP contribution in [0.2, 0.25) is 0 Å². The van der Waals surface area contributed by atoms with Crippen LogP contribution in [0.25, 0.3) is 22.2 Å². The molecule has 0 atom stereocenters. The second-order valence-corrected chi connectivity index (χ2v) is 3.93. The first-order valence-corrected chi connectivity index (χ1v) is 5.52. The normalized spacial score (nSPS) is 10.9. The van der Waals surface area contributed by atoms with E-state index in [1.165, 1.54) is 0 Å². The monoisotopic (exact) mass is 224 g/mol. The molecule has 0 fully saturated rings. The first-order chi connectivity index (χ1) is 8.38. The quantitative estimate of drug-likeness (QED) is 0.728. The Labute approximate surface area is 98.8 Å². The van der Waals surface area contributed by atoms with E-state index < -0.39 is 0 Å². The van der Waals surface area contributed by atoms with Gasteiger partial charge in [0.15, 0.2) is 5.76 Å². The van der Waals surface area contributed by atoms with Crippen LogP contribution >= 0.6 is 0 Å². The lowest BCUT2D eigenvalue weighted by Crippen LogP contribution is -1.95. The van der Waals surface area contributed by atoms with Crippen LogP contribution in [0, 0.1) is 0 Å². The number of hydrogen-bond donors (Lipinski definition) is 1. The molecule has 1 aromatic heterocycles. The van der Waals surface area contributed by atoms with E-state index in [9.17, 15) is 0 Å². The van der Waals surface area contributed by atoms with Crippen LogP contribution in [0.1, 0.15) is 5.56 Å². The number of hydrogen-bond acceptors (Lipinski definition) is 3. The summed E-state index contributed by atoms with van der Waals surface area (Å²) in [4.78, 5) is 0. The fraction of sp³-hybridized carbons (Fsp3) is 0.0714. The van der Waals surface area contributed by atoms with Gasteiger partial charge in [0.2, 0.25) is 0 Å². The van der Waals surface area contributed by atoms with Crippen molar-refractivity contribution >= 4 is 10.9 Å². The molecular weight excluding hydrogens is 212 g/mol. The van der Waals surface area contributed by atoms with Crippen molar-refractivity contribution in [2.75, 3.05) is 0 Å². The lowest BCUT2D eigenvalue weighted by molar-refractivity contribution is 0.441. The van der Waals surface area contributed by atoms with Crippen LogP contribution in [-0.2, 0) is 6.54 Å². The van der Waals surface area contributed by atoms with Crippen molar-refractivity contribution in [1.82, 2.24) is 5.16 Å². The molecule has 3 nitrogen and oxygen atoms in total. The number of nitrogens with two attached hydrogens (primary N) is 1. The van der Waals surface area contributed by atoms with Crippen LogP contribution in [0.5, 0.6) is 0 Å². The molecule has 3 rings (SSSR count). The predicted octanol–water partition coefficient (Wildman–Crippen LogP) is 2.95. The van der Waals surface area contributed by atoms with Crippen molar-refractivity contribution in [2.24, 2.45) is 5.73 Å². The predicted molar refractivity (Wildman–Crippen MR) is 67.3 cm³/mol. The van der Waals surface area contributed by atoms with Gasteiger partial charge in [-0.05, 0) is 23.8 Å². The lowest BCUT2D eigenvalue weighted by Gasteiger charge is -2.00. The van der Waals surface area contributed by atoms with E-state index in [2.05, 4.69) is 5.16 Å². The van der Waals surface area contributed by atoms with E-state index in [4.69, 9.17) is 10.3 Å². The third-order valence-electron chi connectivity index (χ3n) is 2.81. The van der Waals surface area contributed by atoms with Gasteiger partial charge in [0.25, 0.3) is 0 Å². The Kier molecular flexibility index (Phi) is 2.38. The summed E-state index contributed by atoms with van der Waals surface area (Å²) in [5, 5.41) is 5.07. The van der Waals surface area contributed by atoms with Gasteiger partial charge in [0, 0.05) is 17.5 Å². The molecule has 84 valence electrons. The Morgan fingerprint density at radius 3 is 2.82 bits per heavy atom. The highest BCUT2D eigenvalue weighted by Gasteiger charge is 2.09. The smallest absolute Gasteiger partial charge is 0.174 e. The molecule has 1 heterocycles. The summed E-state index contributed by atoms with van der Waals surface area (Å²) in [7, 11) is 0. The minimum Gasteiger partial charge on any atom is -0.355 e. The second kappa shape index (κ2) is 4.03. The van der Waals surface area contributed by atoms with Gasteiger partial charge in [-0.15, -0.1) is 0 Å². The van der Waals surface area contributed by atoms with Crippen LogP contribution < -0.4 is 5.73 Å². The largest absolute Gasteiger partial charge is 0.355 e. The molecular formula is C14H12N2O. The summed E-state index contributed by atoms with van der Waals surface area (Å²) in [6.45, 7) is 0.528. The zero-order valence-electron chi connectivity index (χ0n) is 9.26. The molecule has 0 radical (unpaired) electrons. The molecule has 0 aliphatic carbocycles. The fourth-order valence-corrected chi connectivity index (χ4v) is 1.94. The zero-order valence-corrected chi connectivity index (χ0v) is 9.26. The minimum atomic E-state index is 0.528. The maximum Gasteiger partial charge on any atom is 0.174 e. The number of rotatable bonds is 2. The molecule has 2 N–H and O–H groups in total. The minimum absolute atomic E-state index is 0.528. The third-order valence-corrected chi connectivity index (χ3v) is 2.81. The van der Waals surface area contributed by atoms with Gasteiger partial charge in [-0.1, -0.05) is 35.5 Å². The van der Waals surface area contributed by atoms with Crippen molar-refractivity contribution < 1.29 is 4.52 Å². The molecule has 0 unspecified atom stereocenters. The summed E-state index contributed by atoms with van der Waals surface area (Å²) in [6.07, 6.45) is 0. The number of benzene rings is 2. The summed E-state index contributed by atoms with van der Waals surface area (Å²) in [6, 6.07) is 15.9. The highest BCUT2D eigenvalue weighted by atomic mass is 16.5. The van der Waals surface area contributed by atoms with E-state index in [0.29, 0.717) is 6.54 Å². The highest BCUT2D eigenvalue weighted by Crippen LogP contribution is 2.28. The molecule has 0 aliphatic rings. The van der Waals surface area contributed by atoms with E-state index in [-0.39, 0.29) is 0 Å². The highest BCUT2D eigenvalue weighted by molar-refractivity contribution is 5.91. The van der Waals surface area contributed by atoms with Gasteiger partial charge in [0.1, 0.15) is 5.52 Å². The topological polar surface area (TPSA) is 52.0 Å². The van der Waals surface area contributed by atoms with E-state index in [1.807, 2.05) is 48.5 Å². The zero-order chi connectivity index (χ0) is 11.7. The first kappa shape index (κ1) is 10.1. The van der Waals surface area contributed by atoms with Crippen molar-refractivity contribution in [2.45, 2.75) is 6.54 Å². The Morgan fingerprint density at radius 2 is 1.94 bits per heavy atom. The van der Waals surface area contributed by atoms with E-state index >= 15 is 0 Å². The van der Waals surface area contributed by atoms with Crippen LogP contribution in [0.3, 0.4) is 0 Å². The Bertz CT molecular complexity index is 658. The molecule has 3 heteroatoms. The molecule has 0 bridgehead atoms. The Balaban J connectivity index is 2.20. The summed E-state index contributed by atoms with van der Waals surface area (Å²) in [5.74, 6) is 0.802. The number of aromatic nitrogens is 1. The van der Waals surface area contributed by atoms with Crippen molar-refractivity contribution in [3.05, 3.63) is 54.1 Å². The lowest BCUT2D eigenvalue weighted by atomic mass is 10.1. The molecule has 0 amide bonds. The third kappa shape index (κ3) is 1.70. The van der Waals surface area contributed by atoms with Crippen molar-refractivity contribution in [3.8, 4) is 11.3 Å².